The van der Waals surface area contributed by atoms with Crippen molar-refractivity contribution in [2.45, 2.75) is 12.9 Å². The van der Waals surface area contributed by atoms with Gasteiger partial charge < -0.3 is 20.2 Å². The van der Waals surface area contributed by atoms with Gasteiger partial charge in [0, 0.05) is 23.2 Å². The highest BCUT2D eigenvalue weighted by Gasteiger charge is 2.35. The Hall–Kier alpha value is -4.79. The van der Waals surface area contributed by atoms with Gasteiger partial charge in [0.1, 0.15) is 27.0 Å². The van der Waals surface area contributed by atoms with Gasteiger partial charge >= 0.3 is 6.18 Å². The van der Waals surface area contributed by atoms with Crippen molar-refractivity contribution in [2.24, 2.45) is 5.73 Å². The summed E-state index contributed by atoms with van der Waals surface area (Å²) < 4.78 is 79.1. The van der Waals surface area contributed by atoms with Crippen LogP contribution in [0.1, 0.15) is 25.9 Å². The number of primary amides is 1. The number of furan rings is 1. The number of carbonyl (C=O) groups excluding carboxylic acids is 2. The van der Waals surface area contributed by atoms with Crippen LogP contribution >= 0.6 is 11.3 Å². The standard InChI is InChI=1S/C24H14F5N5O4S/c25-11-3-4-16(13(26)8-11)38-10-34-6-5-14(33-34)22(36)32-19-18-12(15-2-1-7-37-15)9-17(24(27,28)29)31-23(18)39-20(19)21(30)35/h1-9H,10H2,(H2,30,35)(H,32,36). The van der Waals surface area contributed by atoms with Gasteiger partial charge in [-0.1, -0.05) is 0 Å². The summed E-state index contributed by atoms with van der Waals surface area (Å²) in [6.45, 7) is -0.337. The molecular formula is C24H14F5N5O4S. The van der Waals surface area contributed by atoms with Crippen molar-refractivity contribution >= 4 is 39.1 Å². The molecule has 15 heteroatoms. The van der Waals surface area contributed by atoms with E-state index < -0.39 is 35.3 Å². The number of rotatable bonds is 7. The van der Waals surface area contributed by atoms with Crippen LogP contribution in [0.15, 0.2) is 59.3 Å². The summed E-state index contributed by atoms with van der Waals surface area (Å²) in [5.74, 6) is -3.77. The zero-order valence-electron chi connectivity index (χ0n) is 19.3. The Bertz CT molecular complexity index is 1710. The molecule has 0 saturated heterocycles. The molecule has 3 N–H and O–H groups in total. The van der Waals surface area contributed by atoms with Crippen LogP contribution in [0.5, 0.6) is 5.75 Å². The third-order valence-corrected chi connectivity index (χ3v) is 6.42. The van der Waals surface area contributed by atoms with Crippen LogP contribution in [-0.2, 0) is 12.9 Å². The number of anilines is 1. The number of hydrogen-bond donors (Lipinski definition) is 2. The van der Waals surface area contributed by atoms with Crippen molar-refractivity contribution in [3.8, 4) is 17.1 Å². The molecule has 5 aromatic rings. The minimum Gasteiger partial charge on any atom is -0.468 e. The highest BCUT2D eigenvalue weighted by atomic mass is 32.1. The summed E-state index contributed by atoms with van der Waals surface area (Å²) >= 11 is 0.574. The highest BCUT2D eigenvalue weighted by molar-refractivity contribution is 7.21. The Morgan fingerprint density at radius 3 is 2.62 bits per heavy atom. The molecule has 0 bridgehead atoms. The van der Waals surface area contributed by atoms with Gasteiger partial charge in [0.05, 0.1) is 12.0 Å². The fraction of sp³-hybridized carbons (Fsp3) is 0.0833. The number of hydrogen-bond acceptors (Lipinski definition) is 7. The lowest BCUT2D eigenvalue weighted by Gasteiger charge is -2.10. The van der Waals surface area contributed by atoms with E-state index in [1.54, 1.807) is 0 Å². The van der Waals surface area contributed by atoms with Crippen LogP contribution in [0.25, 0.3) is 21.5 Å². The molecule has 4 heterocycles. The van der Waals surface area contributed by atoms with Crippen molar-refractivity contribution in [1.82, 2.24) is 14.8 Å². The molecule has 9 nitrogen and oxygen atoms in total. The number of aromatic nitrogens is 3. The number of benzene rings is 1. The van der Waals surface area contributed by atoms with Crippen molar-refractivity contribution in [3.05, 3.63) is 82.8 Å². The van der Waals surface area contributed by atoms with E-state index in [9.17, 15) is 31.5 Å². The Morgan fingerprint density at radius 1 is 1.15 bits per heavy atom. The van der Waals surface area contributed by atoms with E-state index in [4.69, 9.17) is 14.9 Å². The summed E-state index contributed by atoms with van der Waals surface area (Å²) in [7, 11) is 0. The lowest BCUT2D eigenvalue weighted by molar-refractivity contribution is -0.140. The zero-order chi connectivity index (χ0) is 27.9. The molecule has 0 spiro atoms. The second-order valence-electron chi connectivity index (χ2n) is 7.92. The lowest BCUT2D eigenvalue weighted by Crippen LogP contribution is -2.18. The maximum atomic E-state index is 13.8. The summed E-state index contributed by atoms with van der Waals surface area (Å²) in [5, 5.41) is 6.51. The fourth-order valence-corrected chi connectivity index (χ4v) is 4.63. The van der Waals surface area contributed by atoms with Gasteiger partial charge in [-0.15, -0.1) is 11.3 Å². The van der Waals surface area contributed by atoms with Crippen LogP contribution in [0.4, 0.5) is 27.6 Å². The first kappa shape index (κ1) is 25.8. The number of nitrogens with zero attached hydrogens (tertiary/aromatic N) is 3. The Morgan fingerprint density at radius 2 is 1.95 bits per heavy atom. The quantitative estimate of drug-likeness (QED) is 0.254. The molecule has 0 unspecified atom stereocenters. The molecule has 200 valence electrons. The van der Waals surface area contributed by atoms with Crippen LogP contribution in [-0.4, -0.2) is 26.6 Å². The minimum atomic E-state index is -4.80. The second kappa shape index (κ2) is 9.83. The smallest absolute Gasteiger partial charge is 0.433 e. The number of nitrogens with one attached hydrogen (secondary N) is 1. The molecule has 0 atom stereocenters. The predicted octanol–water partition coefficient (Wildman–Crippen LogP) is 5.44. The van der Waals surface area contributed by atoms with Gasteiger partial charge in [-0.2, -0.15) is 18.3 Å². The Labute approximate surface area is 218 Å². The van der Waals surface area contributed by atoms with Crippen LogP contribution in [0.2, 0.25) is 0 Å². The van der Waals surface area contributed by atoms with E-state index >= 15 is 0 Å². The summed E-state index contributed by atoms with van der Waals surface area (Å²) in [6.07, 6.45) is -2.22. The number of thiophene rings is 1. The van der Waals surface area contributed by atoms with E-state index in [1.165, 1.54) is 30.7 Å². The molecule has 0 aliphatic rings. The summed E-state index contributed by atoms with van der Waals surface area (Å²) in [5.41, 5.74) is 3.82. The van der Waals surface area contributed by atoms with Crippen LogP contribution in [0, 0.1) is 11.6 Å². The minimum absolute atomic E-state index is 0.0136. The monoisotopic (exact) mass is 563 g/mol. The molecule has 4 aromatic heterocycles. The third-order valence-electron chi connectivity index (χ3n) is 5.32. The number of pyridine rings is 1. The predicted molar refractivity (Wildman–Crippen MR) is 128 cm³/mol. The number of ether oxygens (including phenoxy) is 1. The van der Waals surface area contributed by atoms with Crippen LogP contribution < -0.4 is 15.8 Å². The Balaban J connectivity index is 1.48. The molecule has 0 saturated carbocycles. The zero-order valence-corrected chi connectivity index (χ0v) is 20.1. The van der Waals surface area contributed by atoms with E-state index in [0.29, 0.717) is 17.4 Å². The Kier molecular flexibility index (Phi) is 6.51. The molecule has 1 aromatic carbocycles. The molecule has 2 amide bonds. The maximum Gasteiger partial charge on any atom is 0.433 e. The van der Waals surface area contributed by atoms with Gasteiger partial charge in [-0.05, 0) is 36.4 Å². The van der Waals surface area contributed by atoms with Gasteiger partial charge in [0.15, 0.2) is 24.0 Å². The van der Waals surface area contributed by atoms with Crippen molar-refractivity contribution in [3.63, 3.8) is 0 Å². The first-order valence-corrected chi connectivity index (χ1v) is 11.6. The van der Waals surface area contributed by atoms with Crippen molar-refractivity contribution in [2.75, 3.05) is 5.32 Å². The average molecular weight is 563 g/mol. The second-order valence-corrected chi connectivity index (χ2v) is 8.92. The number of carbonyl (C=O) groups is 2. The number of halogens is 5. The van der Waals surface area contributed by atoms with Gasteiger partial charge in [0.2, 0.25) is 0 Å². The summed E-state index contributed by atoms with van der Waals surface area (Å²) in [6, 6.07) is 7.63. The van der Waals surface area contributed by atoms with E-state index in [1.807, 2.05) is 0 Å². The average Bonchev–Trinajstić information content (AvgIpc) is 3.63. The SMILES string of the molecule is NC(=O)c1sc2nc(C(F)(F)F)cc(-c3ccco3)c2c1NC(=O)c1ccn(COc2ccc(F)cc2F)n1. The van der Waals surface area contributed by atoms with E-state index in [2.05, 4.69) is 15.4 Å². The topological polar surface area (TPSA) is 125 Å². The first-order valence-electron chi connectivity index (χ1n) is 10.8. The van der Waals surface area contributed by atoms with Gasteiger partial charge in [0.25, 0.3) is 11.8 Å². The highest BCUT2D eigenvalue weighted by Crippen LogP contribution is 2.43. The third kappa shape index (κ3) is 5.16. The lowest BCUT2D eigenvalue weighted by atomic mass is 10.1. The first-order chi connectivity index (χ1) is 18.5. The molecule has 0 fully saturated rings. The molecule has 0 radical (unpaired) electrons. The van der Waals surface area contributed by atoms with E-state index in [0.717, 1.165) is 22.9 Å². The van der Waals surface area contributed by atoms with Crippen molar-refractivity contribution in [1.29, 1.82) is 0 Å². The fourth-order valence-electron chi connectivity index (χ4n) is 3.62. The molecule has 0 aliphatic heterocycles. The molecular weight excluding hydrogens is 549 g/mol. The largest absolute Gasteiger partial charge is 0.468 e. The maximum absolute atomic E-state index is 13.8. The van der Waals surface area contributed by atoms with E-state index in [-0.39, 0.29) is 50.3 Å². The number of nitrogens with two attached hydrogens (primary N) is 1. The van der Waals surface area contributed by atoms with Crippen molar-refractivity contribution < 1.29 is 40.7 Å². The molecule has 5 rings (SSSR count). The number of amides is 2. The number of fused-ring (bicyclic) bond motifs is 1. The summed E-state index contributed by atoms with van der Waals surface area (Å²) in [4.78, 5) is 28.4. The molecule has 0 aliphatic carbocycles. The van der Waals surface area contributed by atoms with Crippen LogP contribution in [0.3, 0.4) is 0 Å². The van der Waals surface area contributed by atoms with Gasteiger partial charge in [-0.25, -0.2) is 18.4 Å². The number of alkyl halides is 3. The molecule has 39 heavy (non-hydrogen) atoms. The normalized spacial score (nSPS) is 11.6. The van der Waals surface area contributed by atoms with Gasteiger partial charge in [-0.3, -0.25) is 9.59 Å².